The van der Waals surface area contributed by atoms with Gasteiger partial charge in [0.2, 0.25) is 0 Å². The van der Waals surface area contributed by atoms with Crippen molar-refractivity contribution in [3.05, 3.63) is 0 Å². The molecule has 7 atom stereocenters. The fourth-order valence-corrected chi connectivity index (χ4v) is 7.06. The first kappa shape index (κ1) is 14.2. The molecule has 0 aromatic carbocycles. The van der Waals surface area contributed by atoms with E-state index in [1.54, 1.807) is 0 Å². The first-order valence-electron chi connectivity index (χ1n) is 9.15. The summed E-state index contributed by atoms with van der Waals surface area (Å²) in [5, 5.41) is 10.0. The number of aliphatic hydroxyl groups is 1. The van der Waals surface area contributed by atoms with Crippen LogP contribution in [-0.2, 0) is 4.79 Å². The van der Waals surface area contributed by atoms with Crippen LogP contribution >= 0.6 is 0 Å². The van der Waals surface area contributed by atoms with E-state index in [1.807, 2.05) is 0 Å². The quantitative estimate of drug-likeness (QED) is 0.733. The molecule has 0 spiro atoms. The van der Waals surface area contributed by atoms with E-state index in [-0.39, 0.29) is 11.5 Å². The fraction of sp³-hybridized carbons (Fsp3) is 0.947. The van der Waals surface area contributed by atoms with Gasteiger partial charge >= 0.3 is 0 Å². The van der Waals surface area contributed by atoms with Crippen molar-refractivity contribution >= 4 is 5.78 Å². The molecule has 2 heteroatoms. The van der Waals surface area contributed by atoms with Gasteiger partial charge in [-0.25, -0.2) is 0 Å². The van der Waals surface area contributed by atoms with Crippen molar-refractivity contribution < 1.29 is 9.90 Å². The standard InChI is InChI=1S/C19H30O2/c1-18-8-3-4-15(18)14-6-5-12-10-13(20)7-9-19(12,2)17(14)16(21)11-18/h12-15,17,20H,3-11H2,1-2H3/t12-,13+,14-,15+,17-,18+,19+/m0/s1. The lowest BCUT2D eigenvalue weighted by atomic mass is 9.45. The number of hydrogen-bond donors (Lipinski definition) is 1. The van der Waals surface area contributed by atoms with Crippen molar-refractivity contribution in [2.24, 2.45) is 34.5 Å². The summed E-state index contributed by atoms with van der Waals surface area (Å²) in [6.45, 7) is 4.77. The zero-order chi connectivity index (χ0) is 14.8. The highest BCUT2D eigenvalue weighted by Gasteiger charge is 2.60. The van der Waals surface area contributed by atoms with E-state index < -0.39 is 0 Å². The monoisotopic (exact) mass is 290 g/mol. The lowest BCUT2D eigenvalue weighted by Crippen LogP contribution is -2.56. The third-order valence-corrected chi connectivity index (χ3v) is 8.09. The molecule has 1 N–H and O–H groups in total. The van der Waals surface area contributed by atoms with Crippen LogP contribution < -0.4 is 0 Å². The number of hydrogen-bond acceptors (Lipinski definition) is 2. The van der Waals surface area contributed by atoms with Crippen LogP contribution in [0.25, 0.3) is 0 Å². The zero-order valence-electron chi connectivity index (χ0n) is 13.6. The molecule has 2 nitrogen and oxygen atoms in total. The second-order valence-corrected chi connectivity index (χ2v) is 9.15. The lowest BCUT2D eigenvalue weighted by Gasteiger charge is -2.59. The van der Waals surface area contributed by atoms with Gasteiger partial charge in [0, 0.05) is 12.3 Å². The number of carbonyl (C=O) groups excluding carboxylic acids is 1. The topological polar surface area (TPSA) is 37.3 Å². The van der Waals surface area contributed by atoms with Crippen LogP contribution in [0.2, 0.25) is 0 Å². The van der Waals surface area contributed by atoms with Crippen molar-refractivity contribution in [3.63, 3.8) is 0 Å². The molecule has 0 heterocycles. The number of ketones is 1. The van der Waals surface area contributed by atoms with Gasteiger partial charge in [0.1, 0.15) is 5.78 Å². The van der Waals surface area contributed by atoms with Crippen LogP contribution in [0.3, 0.4) is 0 Å². The maximum Gasteiger partial charge on any atom is 0.137 e. The smallest absolute Gasteiger partial charge is 0.137 e. The molecule has 4 rings (SSSR count). The molecule has 0 radical (unpaired) electrons. The summed E-state index contributed by atoms with van der Waals surface area (Å²) < 4.78 is 0. The van der Waals surface area contributed by atoms with Crippen molar-refractivity contribution in [3.8, 4) is 0 Å². The number of aliphatic hydroxyl groups excluding tert-OH is 1. The molecule has 0 saturated heterocycles. The molecule has 118 valence electrons. The highest BCUT2D eigenvalue weighted by Crippen LogP contribution is 2.65. The first-order chi connectivity index (χ1) is 9.94. The van der Waals surface area contributed by atoms with Gasteiger partial charge in [-0.3, -0.25) is 4.79 Å². The minimum Gasteiger partial charge on any atom is -0.393 e. The maximum absolute atomic E-state index is 13.1. The average molecular weight is 290 g/mol. The van der Waals surface area contributed by atoms with Crippen LogP contribution in [0.1, 0.15) is 71.6 Å². The molecule has 4 saturated carbocycles. The number of Topliss-reactive ketones (excluding diaryl/α,β-unsaturated/α-hetero) is 1. The highest BCUT2D eigenvalue weighted by molar-refractivity contribution is 5.84. The minimum atomic E-state index is -0.116. The Morgan fingerprint density at radius 1 is 1.10 bits per heavy atom. The largest absolute Gasteiger partial charge is 0.393 e. The SMILES string of the molecule is C[C@]12CCC[C@@H]1[C@@H]1CC[C@H]3C[C@H](O)CC[C@@]3(C)[C@@H]1C(=O)C2. The molecule has 4 aliphatic carbocycles. The van der Waals surface area contributed by atoms with Gasteiger partial charge in [0.25, 0.3) is 0 Å². The summed E-state index contributed by atoms with van der Waals surface area (Å²) in [6.07, 6.45) is 10.1. The van der Waals surface area contributed by atoms with E-state index in [1.165, 1.54) is 32.1 Å². The van der Waals surface area contributed by atoms with E-state index in [0.717, 1.165) is 31.6 Å². The third kappa shape index (κ3) is 1.90. The fourth-order valence-electron chi connectivity index (χ4n) is 7.06. The summed E-state index contributed by atoms with van der Waals surface area (Å²) in [4.78, 5) is 13.1. The summed E-state index contributed by atoms with van der Waals surface area (Å²) in [5.74, 6) is 2.90. The predicted octanol–water partition coefficient (Wildman–Crippen LogP) is 3.96. The predicted molar refractivity (Wildman–Crippen MR) is 82.7 cm³/mol. The molecule has 4 fully saturated rings. The van der Waals surface area contributed by atoms with Crippen LogP contribution in [-0.4, -0.2) is 17.0 Å². The Morgan fingerprint density at radius 3 is 2.71 bits per heavy atom. The van der Waals surface area contributed by atoms with Gasteiger partial charge in [-0.2, -0.15) is 0 Å². The zero-order valence-corrected chi connectivity index (χ0v) is 13.6. The first-order valence-corrected chi connectivity index (χ1v) is 9.15. The maximum atomic E-state index is 13.1. The summed E-state index contributed by atoms with van der Waals surface area (Å²) in [6, 6.07) is 0. The van der Waals surface area contributed by atoms with Crippen LogP contribution in [0.15, 0.2) is 0 Å². The Morgan fingerprint density at radius 2 is 1.90 bits per heavy atom. The van der Waals surface area contributed by atoms with E-state index in [0.29, 0.717) is 29.0 Å². The van der Waals surface area contributed by atoms with E-state index in [9.17, 15) is 9.90 Å². The Labute approximate surface area is 128 Å². The number of carbonyl (C=O) groups is 1. The van der Waals surface area contributed by atoms with Crippen LogP contribution in [0.5, 0.6) is 0 Å². The third-order valence-electron chi connectivity index (χ3n) is 8.09. The van der Waals surface area contributed by atoms with E-state index in [4.69, 9.17) is 0 Å². The van der Waals surface area contributed by atoms with Crippen molar-refractivity contribution in [2.75, 3.05) is 0 Å². The summed E-state index contributed by atoms with van der Waals surface area (Å²) in [5.41, 5.74) is 0.499. The number of rotatable bonds is 0. The molecule has 4 aliphatic rings. The van der Waals surface area contributed by atoms with Crippen LogP contribution in [0, 0.1) is 34.5 Å². The van der Waals surface area contributed by atoms with Crippen molar-refractivity contribution in [2.45, 2.75) is 77.7 Å². The molecule has 0 aliphatic heterocycles. The van der Waals surface area contributed by atoms with E-state index >= 15 is 0 Å². The summed E-state index contributed by atoms with van der Waals surface area (Å²) >= 11 is 0. The molecular formula is C19H30O2. The second-order valence-electron chi connectivity index (χ2n) is 9.15. The van der Waals surface area contributed by atoms with Gasteiger partial charge in [0.05, 0.1) is 6.10 Å². The Bertz CT molecular complexity index is 458. The molecule has 0 aromatic heterocycles. The Hall–Kier alpha value is -0.370. The molecule has 21 heavy (non-hydrogen) atoms. The Kier molecular flexibility index (Phi) is 3.10. The molecule has 0 aromatic rings. The molecule has 0 amide bonds. The second kappa shape index (κ2) is 4.57. The van der Waals surface area contributed by atoms with Gasteiger partial charge in [-0.05, 0) is 73.5 Å². The lowest BCUT2D eigenvalue weighted by molar-refractivity contribution is -0.159. The van der Waals surface area contributed by atoms with Gasteiger partial charge in [0.15, 0.2) is 0 Å². The van der Waals surface area contributed by atoms with Crippen molar-refractivity contribution in [1.82, 2.24) is 0 Å². The number of fused-ring (bicyclic) bond motifs is 5. The van der Waals surface area contributed by atoms with Gasteiger partial charge < -0.3 is 5.11 Å². The Balaban J connectivity index is 1.69. The minimum absolute atomic E-state index is 0.116. The highest BCUT2D eigenvalue weighted by atomic mass is 16.3. The normalized spacial score (nSPS) is 56.5. The molecule has 0 bridgehead atoms. The average Bonchev–Trinajstić information content (AvgIpc) is 2.80. The van der Waals surface area contributed by atoms with Gasteiger partial charge in [-0.15, -0.1) is 0 Å². The summed E-state index contributed by atoms with van der Waals surface area (Å²) in [7, 11) is 0. The van der Waals surface area contributed by atoms with Gasteiger partial charge in [-0.1, -0.05) is 20.3 Å². The molecule has 0 unspecified atom stereocenters. The van der Waals surface area contributed by atoms with E-state index in [2.05, 4.69) is 13.8 Å². The van der Waals surface area contributed by atoms with Crippen LogP contribution in [0.4, 0.5) is 0 Å². The van der Waals surface area contributed by atoms with Crippen molar-refractivity contribution in [1.29, 1.82) is 0 Å². The molecular weight excluding hydrogens is 260 g/mol.